The van der Waals surface area contributed by atoms with Crippen LogP contribution in [0.5, 0.6) is 17.2 Å². The Kier molecular flexibility index (Phi) is 6.03. The fourth-order valence-electron chi connectivity index (χ4n) is 3.31. The van der Waals surface area contributed by atoms with E-state index in [0.717, 1.165) is 16.8 Å². The number of aromatic nitrogens is 2. The number of hydrogen-bond donors (Lipinski definition) is 1. The van der Waals surface area contributed by atoms with E-state index in [1.165, 1.54) is 0 Å². The number of methoxy groups -OCH3 is 2. The van der Waals surface area contributed by atoms with Gasteiger partial charge in [-0.15, -0.1) is 0 Å². The monoisotopic (exact) mass is 417 g/mol. The van der Waals surface area contributed by atoms with Gasteiger partial charge in [0, 0.05) is 5.69 Å². The number of rotatable bonds is 8. The predicted octanol–water partition coefficient (Wildman–Crippen LogP) is 4.27. The first kappa shape index (κ1) is 20.3. The molecule has 0 aliphatic rings. The zero-order chi connectivity index (χ0) is 21.6. The SMILES string of the molecule is COc1ccc(NC(=O)Cn2c(COc3ccccc3OC)nc3ccccc32)cc1. The van der Waals surface area contributed by atoms with Crippen molar-refractivity contribution in [2.75, 3.05) is 19.5 Å². The summed E-state index contributed by atoms with van der Waals surface area (Å²) < 4.78 is 18.3. The Balaban J connectivity index is 1.55. The molecule has 1 aromatic heterocycles. The van der Waals surface area contributed by atoms with Gasteiger partial charge in [-0.25, -0.2) is 4.98 Å². The zero-order valence-corrected chi connectivity index (χ0v) is 17.4. The van der Waals surface area contributed by atoms with Crippen molar-refractivity contribution in [1.82, 2.24) is 9.55 Å². The second-order valence-electron chi connectivity index (χ2n) is 6.82. The molecule has 0 bridgehead atoms. The van der Waals surface area contributed by atoms with Crippen LogP contribution in [0.15, 0.2) is 72.8 Å². The van der Waals surface area contributed by atoms with Crippen LogP contribution in [0.2, 0.25) is 0 Å². The molecule has 31 heavy (non-hydrogen) atoms. The molecule has 158 valence electrons. The van der Waals surface area contributed by atoms with E-state index in [-0.39, 0.29) is 19.1 Å². The maximum absolute atomic E-state index is 12.8. The molecule has 0 saturated heterocycles. The molecule has 1 amide bonds. The number of benzene rings is 3. The van der Waals surface area contributed by atoms with Gasteiger partial charge in [0.15, 0.2) is 11.5 Å². The van der Waals surface area contributed by atoms with Gasteiger partial charge in [-0.05, 0) is 48.5 Å². The van der Waals surface area contributed by atoms with E-state index in [1.807, 2.05) is 53.1 Å². The number of nitrogens with one attached hydrogen (secondary N) is 1. The third-order valence-electron chi connectivity index (χ3n) is 4.83. The van der Waals surface area contributed by atoms with Gasteiger partial charge in [-0.2, -0.15) is 0 Å². The first-order valence-corrected chi connectivity index (χ1v) is 9.82. The van der Waals surface area contributed by atoms with Crippen LogP contribution in [0.3, 0.4) is 0 Å². The number of anilines is 1. The number of fused-ring (bicyclic) bond motifs is 1. The normalized spacial score (nSPS) is 10.6. The molecule has 0 aliphatic heterocycles. The Morgan fingerprint density at radius 3 is 2.35 bits per heavy atom. The average Bonchev–Trinajstić information content (AvgIpc) is 3.15. The molecule has 0 spiro atoms. The summed E-state index contributed by atoms with van der Waals surface area (Å²) in [6.45, 7) is 0.308. The Bertz CT molecular complexity index is 1190. The molecular weight excluding hydrogens is 394 g/mol. The number of ether oxygens (including phenoxy) is 3. The van der Waals surface area contributed by atoms with Crippen LogP contribution in [-0.2, 0) is 17.9 Å². The van der Waals surface area contributed by atoms with Crippen molar-refractivity contribution in [2.45, 2.75) is 13.2 Å². The van der Waals surface area contributed by atoms with E-state index in [0.29, 0.717) is 23.0 Å². The Labute approximate surface area is 180 Å². The third kappa shape index (κ3) is 4.61. The second-order valence-corrected chi connectivity index (χ2v) is 6.82. The van der Waals surface area contributed by atoms with Gasteiger partial charge in [0.1, 0.15) is 24.7 Å². The van der Waals surface area contributed by atoms with Crippen molar-refractivity contribution in [3.05, 3.63) is 78.6 Å². The molecular formula is C24H23N3O4. The summed E-state index contributed by atoms with van der Waals surface area (Å²) in [5.74, 6) is 2.48. The largest absolute Gasteiger partial charge is 0.497 e. The van der Waals surface area contributed by atoms with Crippen molar-refractivity contribution in [3.8, 4) is 17.2 Å². The maximum atomic E-state index is 12.8. The summed E-state index contributed by atoms with van der Waals surface area (Å²) in [6.07, 6.45) is 0. The number of hydrogen-bond acceptors (Lipinski definition) is 5. The molecule has 0 saturated carbocycles. The van der Waals surface area contributed by atoms with E-state index in [9.17, 15) is 4.79 Å². The Morgan fingerprint density at radius 1 is 0.903 bits per heavy atom. The zero-order valence-electron chi connectivity index (χ0n) is 17.4. The molecule has 7 nitrogen and oxygen atoms in total. The number of imidazole rings is 1. The van der Waals surface area contributed by atoms with Crippen molar-refractivity contribution in [1.29, 1.82) is 0 Å². The fraction of sp³-hybridized carbons (Fsp3) is 0.167. The molecule has 4 rings (SSSR count). The summed E-state index contributed by atoms with van der Waals surface area (Å²) in [7, 11) is 3.20. The van der Waals surface area contributed by atoms with Gasteiger partial charge in [0.2, 0.25) is 5.91 Å². The van der Waals surface area contributed by atoms with Gasteiger partial charge in [0.25, 0.3) is 0 Å². The molecule has 1 N–H and O–H groups in total. The predicted molar refractivity (Wildman–Crippen MR) is 119 cm³/mol. The molecule has 0 atom stereocenters. The highest BCUT2D eigenvalue weighted by Gasteiger charge is 2.15. The summed E-state index contributed by atoms with van der Waals surface area (Å²) in [6, 6.07) is 22.3. The van der Waals surface area contributed by atoms with Crippen LogP contribution in [0, 0.1) is 0 Å². The van der Waals surface area contributed by atoms with Gasteiger partial charge in [0.05, 0.1) is 25.3 Å². The van der Waals surface area contributed by atoms with Crippen LogP contribution in [0.4, 0.5) is 5.69 Å². The highest BCUT2D eigenvalue weighted by atomic mass is 16.5. The first-order chi connectivity index (χ1) is 15.2. The minimum Gasteiger partial charge on any atom is -0.497 e. The number of para-hydroxylation sites is 4. The minimum atomic E-state index is -0.160. The third-order valence-corrected chi connectivity index (χ3v) is 4.83. The minimum absolute atomic E-state index is 0.108. The number of nitrogens with zero attached hydrogens (tertiary/aromatic N) is 2. The number of amides is 1. The molecule has 0 radical (unpaired) electrons. The maximum Gasteiger partial charge on any atom is 0.244 e. The summed E-state index contributed by atoms with van der Waals surface area (Å²) in [5.41, 5.74) is 2.37. The number of carbonyl (C=O) groups is 1. The molecule has 3 aromatic carbocycles. The molecule has 0 unspecified atom stereocenters. The van der Waals surface area contributed by atoms with Gasteiger partial charge in [-0.1, -0.05) is 24.3 Å². The van der Waals surface area contributed by atoms with Crippen LogP contribution < -0.4 is 19.5 Å². The van der Waals surface area contributed by atoms with Crippen LogP contribution in [-0.4, -0.2) is 29.7 Å². The summed E-state index contributed by atoms with van der Waals surface area (Å²) in [4.78, 5) is 17.4. The lowest BCUT2D eigenvalue weighted by Gasteiger charge is -2.13. The topological polar surface area (TPSA) is 74.6 Å². The average molecular weight is 417 g/mol. The molecule has 0 aliphatic carbocycles. The summed E-state index contributed by atoms with van der Waals surface area (Å²) in [5, 5.41) is 2.91. The smallest absolute Gasteiger partial charge is 0.244 e. The lowest BCUT2D eigenvalue weighted by molar-refractivity contribution is -0.116. The van der Waals surface area contributed by atoms with Crippen molar-refractivity contribution in [3.63, 3.8) is 0 Å². The first-order valence-electron chi connectivity index (χ1n) is 9.82. The molecule has 0 fully saturated rings. The van der Waals surface area contributed by atoms with Crippen LogP contribution >= 0.6 is 0 Å². The lowest BCUT2D eigenvalue weighted by Crippen LogP contribution is -2.20. The second kappa shape index (κ2) is 9.21. The van der Waals surface area contributed by atoms with Gasteiger partial charge in [-0.3, -0.25) is 4.79 Å². The molecule has 7 heteroatoms. The van der Waals surface area contributed by atoms with E-state index < -0.39 is 0 Å². The lowest BCUT2D eigenvalue weighted by atomic mass is 10.3. The van der Waals surface area contributed by atoms with Crippen LogP contribution in [0.1, 0.15) is 5.82 Å². The van der Waals surface area contributed by atoms with Gasteiger partial charge >= 0.3 is 0 Å². The number of carbonyl (C=O) groups excluding carboxylic acids is 1. The highest BCUT2D eigenvalue weighted by Crippen LogP contribution is 2.27. The van der Waals surface area contributed by atoms with E-state index in [2.05, 4.69) is 10.3 Å². The highest BCUT2D eigenvalue weighted by molar-refractivity contribution is 5.91. The Morgan fingerprint density at radius 2 is 1.61 bits per heavy atom. The fourth-order valence-corrected chi connectivity index (χ4v) is 3.31. The van der Waals surface area contributed by atoms with E-state index >= 15 is 0 Å². The standard InChI is InChI=1S/C24H23N3O4/c1-29-18-13-11-17(12-14-18)25-24(28)15-27-20-8-4-3-7-19(20)26-23(27)16-31-22-10-6-5-9-21(22)30-2/h3-14H,15-16H2,1-2H3,(H,25,28). The van der Waals surface area contributed by atoms with Gasteiger partial charge < -0.3 is 24.1 Å². The summed E-state index contributed by atoms with van der Waals surface area (Å²) >= 11 is 0. The Hall–Kier alpha value is -4.00. The van der Waals surface area contributed by atoms with Crippen molar-refractivity contribution < 1.29 is 19.0 Å². The molecule has 1 heterocycles. The van der Waals surface area contributed by atoms with Crippen LogP contribution in [0.25, 0.3) is 11.0 Å². The quantitative estimate of drug-likeness (QED) is 0.463. The van der Waals surface area contributed by atoms with Crippen molar-refractivity contribution >= 4 is 22.6 Å². The van der Waals surface area contributed by atoms with E-state index in [1.54, 1.807) is 38.5 Å². The van der Waals surface area contributed by atoms with Crippen molar-refractivity contribution in [2.24, 2.45) is 0 Å². The van der Waals surface area contributed by atoms with E-state index in [4.69, 9.17) is 14.2 Å². The molecule has 4 aromatic rings.